The van der Waals surface area contributed by atoms with Crippen LogP contribution in [0.1, 0.15) is 12.0 Å². The highest BCUT2D eigenvalue weighted by atomic mass is 16.5. The standard InChI is InChI=1S/C17H30N4O2/c1-18-17(19-10-7-11-21(2)12-13-22-3)20-14-15-8-5-6-9-16(15)23-4/h5-6,8-9H,7,10-14H2,1-4H3,(H2,18,19,20). The fourth-order valence-corrected chi connectivity index (χ4v) is 2.16. The summed E-state index contributed by atoms with van der Waals surface area (Å²) in [7, 11) is 7.30. The van der Waals surface area contributed by atoms with Crippen LogP contribution in [0.25, 0.3) is 0 Å². The highest BCUT2D eigenvalue weighted by Gasteiger charge is 2.03. The Balaban J connectivity index is 2.27. The Morgan fingerprint density at radius 1 is 1.17 bits per heavy atom. The quantitative estimate of drug-likeness (QED) is 0.387. The number of ether oxygens (including phenoxy) is 2. The van der Waals surface area contributed by atoms with E-state index in [1.54, 1.807) is 21.3 Å². The summed E-state index contributed by atoms with van der Waals surface area (Å²) in [4.78, 5) is 6.50. The third kappa shape index (κ3) is 7.85. The molecule has 0 aliphatic heterocycles. The first kappa shape index (κ1) is 19.3. The van der Waals surface area contributed by atoms with Gasteiger partial charge in [-0.2, -0.15) is 0 Å². The minimum Gasteiger partial charge on any atom is -0.496 e. The lowest BCUT2D eigenvalue weighted by Crippen LogP contribution is -2.38. The van der Waals surface area contributed by atoms with Gasteiger partial charge in [0.05, 0.1) is 13.7 Å². The van der Waals surface area contributed by atoms with Crippen LogP contribution in [0.3, 0.4) is 0 Å². The summed E-state index contributed by atoms with van der Waals surface area (Å²) in [5.74, 6) is 1.69. The van der Waals surface area contributed by atoms with Gasteiger partial charge in [-0.15, -0.1) is 0 Å². The van der Waals surface area contributed by atoms with Gasteiger partial charge in [0, 0.05) is 39.4 Å². The number of nitrogens with zero attached hydrogens (tertiary/aromatic N) is 2. The Morgan fingerprint density at radius 3 is 2.65 bits per heavy atom. The first-order chi connectivity index (χ1) is 11.2. The molecule has 0 aromatic heterocycles. The van der Waals surface area contributed by atoms with E-state index in [0.717, 1.165) is 49.9 Å². The highest BCUT2D eigenvalue weighted by molar-refractivity contribution is 5.79. The van der Waals surface area contributed by atoms with Crippen molar-refractivity contribution >= 4 is 5.96 Å². The van der Waals surface area contributed by atoms with Crippen LogP contribution in [0.15, 0.2) is 29.3 Å². The predicted octanol–water partition coefficient (Wildman–Crippen LogP) is 1.33. The molecule has 2 N–H and O–H groups in total. The van der Waals surface area contributed by atoms with Crippen molar-refractivity contribution < 1.29 is 9.47 Å². The lowest BCUT2D eigenvalue weighted by atomic mass is 10.2. The maximum atomic E-state index is 5.35. The first-order valence-electron chi connectivity index (χ1n) is 7.95. The van der Waals surface area contributed by atoms with E-state index >= 15 is 0 Å². The van der Waals surface area contributed by atoms with Crippen LogP contribution < -0.4 is 15.4 Å². The number of aliphatic imine (C=N–C) groups is 1. The van der Waals surface area contributed by atoms with Crippen LogP contribution in [-0.2, 0) is 11.3 Å². The van der Waals surface area contributed by atoms with Gasteiger partial charge < -0.3 is 25.0 Å². The number of hydrogen-bond acceptors (Lipinski definition) is 4. The van der Waals surface area contributed by atoms with Gasteiger partial charge in [-0.3, -0.25) is 4.99 Å². The molecule has 1 rings (SSSR count). The van der Waals surface area contributed by atoms with Gasteiger partial charge in [0.2, 0.25) is 0 Å². The van der Waals surface area contributed by atoms with Crippen molar-refractivity contribution in [3.63, 3.8) is 0 Å². The van der Waals surface area contributed by atoms with E-state index in [-0.39, 0.29) is 0 Å². The topological polar surface area (TPSA) is 58.1 Å². The molecule has 0 bridgehead atoms. The fourth-order valence-electron chi connectivity index (χ4n) is 2.16. The molecule has 130 valence electrons. The van der Waals surface area contributed by atoms with E-state index in [4.69, 9.17) is 9.47 Å². The van der Waals surface area contributed by atoms with Crippen LogP contribution in [0, 0.1) is 0 Å². The van der Waals surface area contributed by atoms with Crippen molar-refractivity contribution in [2.45, 2.75) is 13.0 Å². The lowest BCUT2D eigenvalue weighted by molar-refractivity contribution is 0.161. The summed E-state index contributed by atoms with van der Waals surface area (Å²) >= 11 is 0. The molecule has 0 heterocycles. The minimum atomic E-state index is 0.678. The molecule has 0 radical (unpaired) electrons. The summed E-state index contributed by atoms with van der Waals surface area (Å²) in [6.45, 7) is 4.31. The number of rotatable bonds is 10. The Hall–Kier alpha value is -1.79. The summed E-state index contributed by atoms with van der Waals surface area (Å²) in [5.41, 5.74) is 1.11. The number of benzene rings is 1. The summed E-state index contributed by atoms with van der Waals surface area (Å²) in [5, 5.41) is 6.64. The number of guanidine groups is 1. The molecular weight excluding hydrogens is 292 g/mol. The Bertz CT molecular complexity index is 466. The molecule has 6 nitrogen and oxygen atoms in total. The number of nitrogens with one attached hydrogen (secondary N) is 2. The van der Waals surface area contributed by atoms with Gasteiger partial charge in [0.15, 0.2) is 5.96 Å². The SMILES string of the molecule is CN=C(NCCCN(C)CCOC)NCc1ccccc1OC. The van der Waals surface area contributed by atoms with Crippen LogP contribution in [-0.4, -0.2) is 65.4 Å². The summed E-state index contributed by atoms with van der Waals surface area (Å²) in [6.07, 6.45) is 1.05. The molecule has 0 saturated carbocycles. The van der Waals surface area contributed by atoms with E-state index in [2.05, 4.69) is 27.6 Å². The van der Waals surface area contributed by atoms with E-state index < -0.39 is 0 Å². The zero-order valence-corrected chi connectivity index (χ0v) is 14.8. The van der Waals surface area contributed by atoms with Crippen LogP contribution in [0.5, 0.6) is 5.75 Å². The zero-order chi connectivity index (χ0) is 16.9. The van der Waals surface area contributed by atoms with Gasteiger partial charge in [-0.1, -0.05) is 18.2 Å². The Kier molecular flexibility index (Phi) is 9.83. The van der Waals surface area contributed by atoms with Crippen molar-refractivity contribution in [3.8, 4) is 5.75 Å². The molecule has 1 aromatic carbocycles. The van der Waals surface area contributed by atoms with E-state index in [9.17, 15) is 0 Å². The zero-order valence-electron chi connectivity index (χ0n) is 14.8. The van der Waals surface area contributed by atoms with Crippen molar-refractivity contribution in [1.82, 2.24) is 15.5 Å². The molecule has 0 unspecified atom stereocenters. The number of likely N-dealkylation sites (N-methyl/N-ethyl adjacent to an activating group) is 1. The van der Waals surface area contributed by atoms with E-state index in [1.165, 1.54) is 0 Å². The normalized spacial score (nSPS) is 11.6. The van der Waals surface area contributed by atoms with Crippen molar-refractivity contribution in [2.75, 3.05) is 54.6 Å². The Morgan fingerprint density at radius 2 is 1.96 bits per heavy atom. The molecule has 0 fully saturated rings. The smallest absolute Gasteiger partial charge is 0.191 e. The molecule has 0 spiro atoms. The largest absolute Gasteiger partial charge is 0.496 e. The average molecular weight is 322 g/mol. The molecular formula is C17H30N4O2. The number of para-hydroxylation sites is 1. The lowest BCUT2D eigenvalue weighted by Gasteiger charge is -2.17. The number of hydrogen-bond donors (Lipinski definition) is 2. The van der Waals surface area contributed by atoms with E-state index in [1.807, 2.05) is 24.3 Å². The molecule has 23 heavy (non-hydrogen) atoms. The Labute approximate surface area is 139 Å². The first-order valence-corrected chi connectivity index (χ1v) is 7.95. The van der Waals surface area contributed by atoms with Crippen molar-refractivity contribution in [3.05, 3.63) is 29.8 Å². The fraction of sp³-hybridized carbons (Fsp3) is 0.588. The predicted molar refractivity (Wildman–Crippen MR) is 95.2 cm³/mol. The van der Waals surface area contributed by atoms with Gasteiger partial charge >= 0.3 is 0 Å². The highest BCUT2D eigenvalue weighted by Crippen LogP contribution is 2.16. The second-order valence-corrected chi connectivity index (χ2v) is 5.31. The van der Waals surface area contributed by atoms with Gasteiger partial charge in [-0.05, 0) is 26.1 Å². The molecule has 0 atom stereocenters. The molecule has 0 amide bonds. The second kappa shape index (κ2) is 11.7. The molecule has 0 saturated heterocycles. The number of methoxy groups -OCH3 is 2. The maximum absolute atomic E-state index is 5.35. The van der Waals surface area contributed by atoms with Crippen LogP contribution >= 0.6 is 0 Å². The molecule has 0 aliphatic carbocycles. The van der Waals surface area contributed by atoms with Crippen molar-refractivity contribution in [2.24, 2.45) is 4.99 Å². The molecule has 0 aliphatic rings. The summed E-state index contributed by atoms with van der Waals surface area (Å²) < 4.78 is 10.4. The molecule has 6 heteroatoms. The summed E-state index contributed by atoms with van der Waals surface area (Å²) in [6, 6.07) is 7.98. The minimum absolute atomic E-state index is 0.678. The van der Waals surface area contributed by atoms with Crippen LogP contribution in [0.2, 0.25) is 0 Å². The van der Waals surface area contributed by atoms with Gasteiger partial charge in [0.1, 0.15) is 5.75 Å². The average Bonchev–Trinajstić information content (AvgIpc) is 2.59. The third-order valence-electron chi connectivity index (χ3n) is 3.55. The molecule has 1 aromatic rings. The third-order valence-corrected chi connectivity index (χ3v) is 3.55. The maximum Gasteiger partial charge on any atom is 0.191 e. The monoisotopic (exact) mass is 322 g/mol. The van der Waals surface area contributed by atoms with Gasteiger partial charge in [-0.25, -0.2) is 0 Å². The van der Waals surface area contributed by atoms with E-state index in [0.29, 0.717) is 6.54 Å². The van der Waals surface area contributed by atoms with Gasteiger partial charge in [0.25, 0.3) is 0 Å². The van der Waals surface area contributed by atoms with Crippen molar-refractivity contribution in [1.29, 1.82) is 0 Å². The van der Waals surface area contributed by atoms with Crippen LogP contribution in [0.4, 0.5) is 0 Å². The second-order valence-electron chi connectivity index (χ2n) is 5.31.